The second-order valence-electron chi connectivity index (χ2n) is 7.64. The zero-order valence-electron chi connectivity index (χ0n) is 16.6. The van der Waals surface area contributed by atoms with Crippen molar-refractivity contribution >= 4 is 44.2 Å². The minimum absolute atomic E-state index is 0.243. The molecular formula is C22H21BrN6O2. The number of carbonyl (C=O) groups is 1. The number of H-pyrrole nitrogens is 1. The van der Waals surface area contributed by atoms with Gasteiger partial charge in [0.2, 0.25) is 0 Å². The number of fused-ring (bicyclic) bond motifs is 1. The Balaban J connectivity index is 1.41. The molecule has 0 saturated carbocycles. The van der Waals surface area contributed by atoms with E-state index in [2.05, 4.69) is 41.2 Å². The van der Waals surface area contributed by atoms with Gasteiger partial charge in [-0.1, -0.05) is 30.3 Å². The number of rotatable bonds is 5. The Morgan fingerprint density at radius 1 is 1.29 bits per heavy atom. The van der Waals surface area contributed by atoms with Crippen LogP contribution in [-0.2, 0) is 6.54 Å². The first-order valence-electron chi connectivity index (χ1n) is 10.0. The summed E-state index contributed by atoms with van der Waals surface area (Å²) >= 11 is 3.59. The summed E-state index contributed by atoms with van der Waals surface area (Å²) in [4.78, 5) is 22.6. The Labute approximate surface area is 187 Å². The largest absolute Gasteiger partial charge is 0.391 e. The topological polar surface area (TPSA) is 99.1 Å². The van der Waals surface area contributed by atoms with Crippen LogP contribution in [0.4, 0.5) is 11.4 Å². The average molecular weight is 481 g/mol. The number of hydrogen-bond donors (Lipinski definition) is 3. The predicted octanol–water partition coefficient (Wildman–Crippen LogP) is 3.39. The molecule has 1 aromatic carbocycles. The van der Waals surface area contributed by atoms with Crippen LogP contribution in [0, 0.1) is 0 Å². The molecule has 8 nitrogen and oxygen atoms in total. The minimum Gasteiger partial charge on any atom is -0.391 e. The molecule has 1 aliphatic heterocycles. The normalized spacial score (nSPS) is 16.2. The zero-order valence-corrected chi connectivity index (χ0v) is 18.2. The summed E-state index contributed by atoms with van der Waals surface area (Å²) in [6.07, 6.45) is 7.14. The number of hydrogen-bond acceptors (Lipinski definition) is 5. The highest BCUT2D eigenvalue weighted by Crippen LogP contribution is 2.39. The standard InChI is InChI=1S/C22H21BrN6O2/c23-17-9-24-21-19(20(17)28-7-6-16(30)13-28)18(10-25-21)27-22(31)15-8-26-29(12-15)11-14-4-2-1-3-5-14/h1-5,8-10,12,16,30H,6-7,11,13H2,(H,24,25)(H,27,31)/t16-/m1/s1. The Bertz CT molecular complexity index is 1240. The number of halogens is 1. The second kappa shape index (κ2) is 8.16. The fourth-order valence-electron chi connectivity index (χ4n) is 3.94. The van der Waals surface area contributed by atoms with Crippen molar-refractivity contribution < 1.29 is 9.90 Å². The number of nitrogens with zero attached hydrogens (tertiary/aromatic N) is 4. The van der Waals surface area contributed by atoms with Crippen molar-refractivity contribution in [1.82, 2.24) is 19.7 Å². The monoisotopic (exact) mass is 480 g/mol. The molecule has 9 heteroatoms. The molecule has 1 aliphatic rings. The van der Waals surface area contributed by atoms with Gasteiger partial charge in [0.1, 0.15) is 5.65 Å². The fraction of sp³-hybridized carbons (Fsp3) is 0.227. The van der Waals surface area contributed by atoms with E-state index in [0.717, 1.165) is 27.7 Å². The van der Waals surface area contributed by atoms with Crippen molar-refractivity contribution in [2.75, 3.05) is 23.3 Å². The van der Waals surface area contributed by atoms with Crippen LogP contribution in [0.3, 0.4) is 0 Å². The second-order valence-corrected chi connectivity index (χ2v) is 8.49. The molecule has 4 heterocycles. The van der Waals surface area contributed by atoms with Gasteiger partial charge >= 0.3 is 0 Å². The quantitative estimate of drug-likeness (QED) is 0.406. The third-order valence-corrected chi connectivity index (χ3v) is 6.02. The van der Waals surface area contributed by atoms with Gasteiger partial charge in [-0.3, -0.25) is 9.48 Å². The van der Waals surface area contributed by atoms with E-state index in [1.807, 2.05) is 30.3 Å². The Morgan fingerprint density at radius 2 is 2.13 bits per heavy atom. The van der Waals surface area contributed by atoms with Crippen LogP contribution in [0.5, 0.6) is 0 Å². The number of β-amino-alcohol motifs (C(OH)–C–C–N with tert-alkyl or cyclic N) is 1. The number of pyridine rings is 1. The lowest BCUT2D eigenvalue weighted by Crippen LogP contribution is -2.22. The van der Waals surface area contributed by atoms with Crippen molar-refractivity contribution in [2.24, 2.45) is 0 Å². The number of anilines is 2. The molecule has 0 radical (unpaired) electrons. The van der Waals surface area contributed by atoms with E-state index < -0.39 is 0 Å². The summed E-state index contributed by atoms with van der Waals surface area (Å²) in [5.41, 5.74) is 3.82. The Hall–Kier alpha value is -3.17. The van der Waals surface area contributed by atoms with Crippen LogP contribution in [0.1, 0.15) is 22.3 Å². The number of nitrogens with one attached hydrogen (secondary N) is 2. The third kappa shape index (κ3) is 3.94. The lowest BCUT2D eigenvalue weighted by atomic mass is 10.2. The molecular weight excluding hydrogens is 460 g/mol. The summed E-state index contributed by atoms with van der Waals surface area (Å²) in [5, 5.41) is 18.1. The molecule has 1 amide bonds. The van der Waals surface area contributed by atoms with Crippen molar-refractivity contribution in [2.45, 2.75) is 19.1 Å². The van der Waals surface area contributed by atoms with E-state index >= 15 is 0 Å². The number of aromatic nitrogens is 4. The number of aliphatic hydroxyl groups excluding tert-OH is 1. The minimum atomic E-state index is -0.359. The van der Waals surface area contributed by atoms with Gasteiger partial charge in [-0.15, -0.1) is 0 Å². The zero-order chi connectivity index (χ0) is 21.4. The fourth-order valence-corrected chi connectivity index (χ4v) is 4.49. The molecule has 3 aromatic heterocycles. The maximum Gasteiger partial charge on any atom is 0.258 e. The summed E-state index contributed by atoms with van der Waals surface area (Å²) in [6, 6.07) is 9.97. The molecule has 1 atom stereocenters. The van der Waals surface area contributed by atoms with Gasteiger partial charge in [0.05, 0.1) is 45.6 Å². The number of amides is 1. The van der Waals surface area contributed by atoms with Crippen LogP contribution < -0.4 is 10.2 Å². The number of carbonyl (C=O) groups excluding carboxylic acids is 1. The first kappa shape index (κ1) is 19.8. The first-order valence-corrected chi connectivity index (χ1v) is 10.8. The van der Waals surface area contributed by atoms with Gasteiger partial charge in [-0.2, -0.15) is 5.10 Å². The van der Waals surface area contributed by atoms with Gasteiger partial charge in [-0.05, 0) is 27.9 Å². The van der Waals surface area contributed by atoms with E-state index in [4.69, 9.17) is 0 Å². The molecule has 31 heavy (non-hydrogen) atoms. The van der Waals surface area contributed by atoms with Gasteiger partial charge in [-0.25, -0.2) is 4.98 Å². The van der Waals surface area contributed by atoms with Crippen molar-refractivity contribution in [1.29, 1.82) is 0 Å². The lowest BCUT2D eigenvalue weighted by molar-refractivity contribution is 0.102. The maximum absolute atomic E-state index is 12.9. The maximum atomic E-state index is 12.9. The van der Waals surface area contributed by atoms with Crippen LogP contribution >= 0.6 is 15.9 Å². The van der Waals surface area contributed by atoms with Crippen LogP contribution in [0.2, 0.25) is 0 Å². The summed E-state index contributed by atoms with van der Waals surface area (Å²) in [5.74, 6) is -0.243. The summed E-state index contributed by atoms with van der Waals surface area (Å²) < 4.78 is 2.56. The number of aliphatic hydroxyl groups is 1. The highest BCUT2D eigenvalue weighted by Gasteiger charge is 2.26. The van der Waals surface area contributed by atoms with Gasteiger partial charge in [0.25, 0.3) is 5.91 Å². The average Bonchev–Trinajstić information content (AvgIpc) is 3.50. The lowest BCUT2D eigenvalue weighted by Gasteiger charge is -2.21. The summed E-state index contributed by atoms with van der Waals surface area (Å²) in [6.45, 7) is 1.88. The highest BCUT2D eigenvalue weighted by molar-refractivity contribution is 9.10. The van der Waals surface area contributed by atoms with E-state index in [1.165, 1.54) is 0 Å². The van der Waals surface area contributed by atoms with Crippen LogP contribution in [-0.4, -0.2) is 50.0 Å². The SMILES string of the molecule is O=C(Nc1c[nH]c2ncc(Br)c(N3CC[C@@H](O)C3)c12)c1cnn(Cc2ccccc2)c1. The van der Waals surface area contributed by atoms with E-state index in [1.54, 1.807) is 29.5 Å². The van der Waals surface area contributed by atoms with Gasteiger partial charge < -0.3 is 20.3 Å². The first-order chi connectivity index (χ1) is 15.1. The molecule has 0 unspecified atom stereocenters. The van der Waals surface area contributed by atoms with E-state index in [0.29, 0.717) is 36.4 Å². The molecule has 3 N–H and O–H groups in total. The molecule has 0 bridgehead atoms. The van der Waals surface area contributed by atoms with Crippen molar-refractivity contribution in [3.63, 3.8) is 0 Å². The Morgan fingerprint density at radius 3 is 2.90 bits per heavy atom. The van der Waals surface area contributed by atoms with Crippen molar-refractivity contribution in [3.05, 3.63) is 70.7 Å². The molecule has 1 saturated heterocycles. The van der Waals surface area contributed by atoms with Crippen LogP contribution in [0.25, 0.3) is 11.0 Å². The van der Waals surface area contributed by atoms with Gasteiger partial charge in [0.15, 0.2) is 0 Å². The van der Waals surface area contributed by atoms with Crippen LogP contribution in [0.15, 0.2) is 59.6 Å². The summed E-state index contributed by atoms with van der Waals surface area (Å²) in [7, 11) is 0. The van der Waals surface area contributed by atoms with Gasteiger partial charge in [0, 0.05) is 31.7 Å². The molecule has 0 spiro atoms. The molecule has 1 fully saturated rings. The molecule has 158 valence electrons. The molecule has 0 aliphatic carbocycles. The molecule has 4 aromatic rings. The highest BCUT2D eigenvalue weighted by atomic mass is 79.9. The van der Waals surface area contributed by atoms with E-state index in [9.17, 15) is 9.90 Å². The number of benzene rings is 1. The number of aromatic amines is 1. The third-order valence-electron chi connectivity index (χ3n) is 5.44. The smallest absolute Gasteiger partial charge is 0.258 e. The van der Waals surface area contributed by atoms with Crippen molar-refractivity contribution in [3.8, 4) is 0 Å². The molecule has 5 rings (SSSR count). The Kier molecular flexibility index (Phi) is 5.21. The van der Waals surface area contributed by atoms with E-state index in [-0.39, 0.29) is 12.0 Å². The predicted molar refractivity (Wildman–Crippen MR) is 122 cm³/mol.